The minimum atomic E-state index is 0.426. The van der Waals surface area contributed by atoms with Crippen LogP contribution in [-0.2, 0) is 0 Å². The molecule has 0 radical (unpaired) electrons. The molecule has 1 saturated carbocycles. The van der Waals surface area contributed by atoms with Crippen LogP contribution in [0.4, 0.5) is 0 Å². The molecule has 1 aromatic carbocycles. The van der Waals surface area contributed by atoms with Gasteiger partial charge in [0.2, 0.25) is 0 Å². The normalized spacial score (nSPS) is 23.0. The van der Waals surface area contributed by atoms with Crippen molar-refractivity contribution in [2.24, 2.45) is 11.8 Å². The fourth-order valence-electron chi connectivity index (χ4n) is 3.46. The number of ether oxygens (including phenoxy) is 2. The van der Waals surface area contributed by atoms with Crippen LogP contribution >= 0.6 is 0 Å². The SMILES string of the molecule is CCCNC(c1ccc(OC)c(OC)c1)C1CCC(C)C1. The number of methoxy groups -OCH3 is 2. The summed E-state index contributed by atoms with van der Waals surface area (Å²) in [7, 11) is 3.39. The Balaban J connectivity index is 2.23. The molecule has 1 aromatic rings. The monoisotopic (exact) mass is 291 g/mol. The van der Waals surface area contributed by atoms with Gasteiger partial charge >= 0.3 is 0 Å². The molecule has 3 nitrogen and oxygen atoms in total. The number of rotatable bonds is 7. The predicted molar refractivity (Wildman–Crippen MR) is 87.1 cm³/mol. The van der Waals surface area contributed by atoms with Gasteiger partial charge in [0.25, 0.3) is 0 Å². The summed E-state index contributed by atoms with van der Waals surface area (Å²) in [6, 6.07) is 6.76. The van der Waals surface area contributed by atoms with E-state index in [9.17, 15) is 0 Å². The van der Waals surface area contributed by atoms with Crippen molar-refractivity contribution in [3.8, 4) is 11.5 Å². The van der Waals surface area contributed by atoms with Crippen LogP contribution in [0.2, 0.25) is 0 Å². The summed E-state index contributed by atoms with van der Waals surface area (Å²) in [5.41, 5.74) is 1.32. The Hall–Kier alpha value is -1.22. The zero-order chi connectivity index (χ0) is 15.2. The van der Waals surface area contributed by atoms with Crippen LogP contribution in [0.15, 0.2) is 18.2 Å². The average molecular weight is 291 g/mol. The second kappa shape index (κ2) is 7.69. The van der Waals surface area contributed by atoms with E-state index in [1.807, 2.05) is 6.07 Å². The third-order valence-electron chi connectivity index (χ3n) is 4.59. The molecule has 3 atom stereocenters. The van der Waals surface area contributed by atoms with E-state index in [0.29, 0.717) is 6.04 Å². The van der Waals surface area contributed by atoms with Gasteiger partial charge in [0.15, 0.2) is 11.5 Å². The van der Waals surface area contributed by atoms with E-state index in [2.05, 4.69) is 31.3 Å². The van der Waals surface area contributed by atoms with Crippen molar-refractivity contribution in [1.82, 2.24) is 5.32 Å². The van der Waals surface area contributed by atoms with Crippen LogP contribution < -0.4 is 14.8 Å². The molecular formula is C18H29NO2. The maximum atomic E-state index is 5.46. The highest BCUT2D eigenvalue weighted by atomic mass is 16.5. The van der Waals surface area contributed by atoms with Gasteiger partial charge in [-0.15, -0.1) is 0 Å². The minimum Gasteiger partial charge on any atom is -0.493 e. The highest BCUT2D eigenvalue weighted by Crippen LogP contribution is 2.40. The lowest BCUT2D eigenvalue weighted by Crippen LogP contribution is -2.28. The molecule has 1 fully saturated rings. The quantitative estimate of drug-likeness (QED) is 0.817. The van der Waals surface area contributed by atoms with Crippen molar-refractivity contribution in [2.45, 2.75) is 45.6 Å². The van der Waals surface area contributed by atoms with Crippen molar-refractivity contribution in [3.05, 3.63) is 23.8 Å². The molecule has 1 N–H and O–H groups in total. The second-order valence-electron chi connectivity index (χ2n) is 6.22. The molecule has 0 heterocycles. The Morgan fingerprint density at radius 2 is 1.95 bits per heavy atom. The lowest BCUT2D eigenvalue weighted by atomic mass is 9.90. The molecule has 0 aliphatic heterocycles. The zero-order valence-corrected chi connectivity index (χ0v) is 13.8. The van der Waals surface area contributed by atoms with E-state index >= 15 is 0 Å². The van der Waals surface area contributed by atoms with E-state index < -0.39 is 0 Å². The fraction of sp³-hybridized carbons (Fsp3) is 0.667. The Morgan fingerprint density at radius 1 is 1.19 bits per heavy atom. The first kappa shape index (κ1) is 16.2. The van der Waals surface area contributed by atoms with E-state index in [0.717, 1.165) is 36.3 Å². The van der Waals surface area contributed by atoms with Crippen LogP contribution in [0.5, 0.6) is 11.5 Å². The van der Waals surface area contributed by atoms with Crippen LogP contribution in [0.3, 0.4) is 0 Å². The fourth-order valence-corrected chi connectivity index (χ4v) is 3.46. The average Bonchev–Trinajstić information content (AvgIpc) is 2.93. The van der Waals surface area contributed by atoms with Gasteiger partial charge in [-0.3, -0.25) is 0 Å². The minimum absolute atomic E-state index is 0.426. The second-order valence-corrected chi connectivity index (χ2v) is 6.22. The first-order valence-corrected chi connectivity index (χ1v) is 8.14. The summed E-state index contributed by atoms with van der Waals surface area (Å²) < 4.78 is 10.8. The summed E-state index contributed by atoms with van der Waals surface area (Å²) in [5.74, 6) is 3.20. The van der Waals surface area contributed by atoms with E-state index in [1.165, 1.54) is 24.8 Å². The Bertz CT molecular complexity index is 447. The molecule has 1 aliphatic rings. The summed E-state index contributed by atoms with van der Waals surface area (Å²) in [4.78, 5) is 0. The van der Waals surface area contributed by atoms with Gasteiger partial charge in [-0.1, -0.05) is 26.3 Å². The van der Waals surface area contributed by atoms with Gasteiger partial charge < -0.3 is 14.8 Å². The topological polar surface area (TPSA) is 30.5 Å². The number of hydrogen-bond donors (Lipinski definition) is 1. The maximum Gasteiger partial charge on any atom is 0.161 e. The molecule has 0 saturated heterocycles. The lowest BCUT2D eigenvalue weighted by molar-refractivity contribution is 0.344. The van der Waals surface area contributed by atoms with Gasteiger partial charge in [-0.05, 0) is 55.3 Å². The smallest absolute Gasteiger partial charge is 0.161 e. The predicted octanol–water partition coefficient (Wildman–Crippen LogP) is 4.18. The van der Waals surface area contributed by atoms with Crippen LogP contribution in [-0.4, -0.2) is 20.8 Å². The molecule has 2 rings (SSSR count). The van der Waals surface area contributed by atoms with Gasteiger partial charge in [-0.25, -0.2) is 0 Å². The van der Waals surface area contributed by atoms with Crippen molar-refractivity contribution in [1.29, 1.82) is 0 Å². The van der Waals surface area contributed by atoms with Crippen molar-refractivity contribution >= 4 is 0 Å². The molecule has 1 aliphatic carbocycles. The van der Waals surface area contributed by atoms with E-state index in [4.69, 9.17) is 9.47 Å². The van der Waals surface area contributed by atoms with Gasteiger partial charge in [0, 0.05) is 6.04 Å². The van der Waals surface area contributed by atoms with Crippen LogP contribution in [0.25, 0.3) is 0 Å². The highest BCUT2D eigenvalue weighted by molar-refractivity contribution is 5.44. The van der Waals surface area contributed by atoms with E-state index in [-0.39, 0.29) is 0 Å². The molecular weight excluding hydrogens is 262 g/mol. The number of benzene rings is 1. The zero-order valence-electron chi connectivity index (χ0n) is 13.8. The van der Waals surface area contributed by atoms with Crippen molar-refractivity contribution < 1.29 is 9.47 Å². The molecule has 21 heavy (non-hydrogen) atoms. The van der Waals surface area contributed by atoms with E-state index in [1.54, 1.807) is 14.2 Å². The third-order valence-corrected chi connectivity index (χ3v) is 4.59. The van der Waals surface area contributed by atoms with Crippen molar-refractivity contribution in [3.63, 3.8) is 0 Å². The summed E-state index contributed by atoms with van der Waals surface area (Å²) in [5, 5.41) is 3.74. The standard InChI is InChI=1S/C18H29NO2/c1-5-10-19-18(14-7-6-13(2)11-14)15-8-9-16(20-3)17(12-15)21-4/h8-9,12-14,18-19H,5-7,10-11H2,1-4H3. The van der Waals surface area contributed by atoms with Gasteiger partial charge in [0.1, 0.15) is 0 Å². The van der Waals surface area contributed by atoms with Gasteiger partial charge in [-0.2, -0.15) is 0 Å². The molecule has 0 aromatic heterocycles. The highest BCUT2D eigenvalue weighted by Gasteiger charge is 2.29. The molecule has 0 amide bonds. The Morgan fingerprint density at radius 3 is 2.52 bits per heavy atom. The summed E-state index contributed by atoms with van der Waals surface area (Å²) in [6.45, 7) is 5.64. The third kappa shape index (κ3) is 3.91. The number of nitrogens with one attached hydrogen (secondary N) is 1. The van der Waals surface area contributed by atoms with Crippen LogP contribution in [0.1, 0.15) is 51.1 Å². The lowest BCUT2D eigenvalue weighted by Gasteiger charge is -2.26. The summed E-state index contributed by atoms with van der Waals surface area (Å²) >= 11 is 0. The van der Waals surface area contributed by atoms with Gasteiger partial charge in [0.05, 0.1) is 14.2 Å². The molecule has 118 valence electrons. The Kier molecular flexibility index (Phi) is 5.92. The number of hydrogen-bond acceptors (Lipinski definition) is 3. The van der Waals surface area contributed by atoms with Crippen LogP contribution in [0, 0.1) is 11.8 Å². The molecule has 0 bridgehead atoms. The summed E-state index contributed by atoms with van der Waals surface area (Å²) in [6.07, 6.45) is 5.14. The first-order valence-electron chi connectivity index (χ1n) is 8.14. The molecule has 0 spiro atoms. The maximum absolute atomic E-state index is 5.46. The Labute approximate surface area is 129 Å². The molecule has 3 unspecified atom stereocenters. The van der Waals surface area contributed by atoms with Crippen molar-refractivity contribution in [2.75, 3.05) is 20.8 Å². The largest absolute Gasteiger partial charge is 0.493 e. The molecule has 3 heteroatoms. The first-order chi connectivity index (χ1) is 10.2.